The van der Waals surface area contributed by atoms with Gasteiger partial charge in [0.2, 0.25) is 5.78 Å². The van der Waals surface area contributed by atoms with Crippen molar-refractivity contribution in [3.8, 4) is 0 Å². The smallest absolute Gasteiger partial charge is 0.416 e. The van der Waals surface area contributed by atoms with Crippen molar-refractivity contribution in [2.45, 2.75) is 18.7 Å². The molecule has 1 aliphatic heterocycles. The van der Waals surface area contributed by atoms with Gasteiger partial charge in [-0.1, -0.05) is 30.3 Å². The Labute approximate surface area is 140 Å². The molecule has 130 valence electrons. The molecule has 2 aromatic carbocycles. The largest absolute Gasteiger partial charge is 0.467 e. The minimum atomic E-state index is -4.54. The van der Waals surface area contributed by atoms with Crippen molar-refractivity contribution in [2.24, 2.45) is 5.73 Å². The van der Waals surface area contributed by atoms with Crippen molar-refractivity contribution in [2.75, 3.05) is 0 Å². The fourth-order valence-corrected chi connectivity index (χ4v) is 2.68. The maximum absolute atomic E-state index is 13.7. The van der Waals surface area contributed by atoms with Crippen molar-refractivity contribution >= 4 is 11.4 Å². The Hall–Kier alpha value is -2.83. The van der Waals surface area contributed by atoms with Crippen molar-refractivity contribution in [1.29, 1.82) is 0 Å². The van der Waals surface area contributed by atoms with Gasteiger partial charge in [-0.25, -0.2) is 4.39 Å². The number of carbonyl (C=O) groups is 1. The second-order valence-corrected chi connectivity index (χ2v) is 5.58. The lowest BCUT2D eigenvalue weighted by Gasteiger charge is -2.11. The van der Waals surface area contributed by atoms with Crippen molar-refractivity contribution < 1.29 is 27.1 Å². The molecule has 0 amide bonds. The molecular weight excluding hydrogens is 338 g/mol. The third-order valence-corrected chi connectivity index (χ3v) is 3.90. The van der Waals surface area contributed by atoms with Gasteiger partial charge in [0.05, 0.1) is 11.1 Å². The van der Waals surface area contributed by atoms with Gasteiger partial charge in [0.15, 0.2) is 12.0 Å². The summed E-state index contributed by atoms with van der Waals surface area (Å²) in [5, 5.41) is 0. The molecule has 2 aromatic rings. The molecule has 7 heteroatoms. The molecule has 0 fully saturated rings. The normalized spacial score (nSPS) is 17.8. The zero-order valence-electron chi connectivity index (χ0n) is 12.8. The van der Waals surface area contributed by atoms with Gasteiger partial charge in [0.25, 0.3) is 0 Å². The fraction of sp³-hybridized carbons (Fsp3) is 0.167. The number of nitrogens with two attached hydrogens (primary N) is 1. The highest BCUT2D eigenvalue weighted by atomic mass is 19.4. The lowest BCUT2D eigenvalue weighted by Crippen LogP contribution is -2.22. The SMILES string of the molecule is NC1=C(c2cccc(C(F)(F)F)c2)C(=O)C(Cc2ccccc2F)O1. The molecule has 2 N–H and O–H groups in total. The molecule has 3 nitrogen and oxygen atoms in total. The molecule has 1 heterocycles. The lowest BCUT2D eigenvalue weighted by molar-refractivity contribution is -0.137. The highest BCUT2D eigenvalue weighted by molar-refractivity contribution is 6.25. The molecule has 0 spiro atoms. The van der Waals surface area contributed by atoms with Crippen LogP contribution >= 0.6 is 0 Å². The molecule has 3 rings (SSSR count). The first-order chi connectivity index (χ1) is 11.8. The Balaban J connectivity index is 1.88. The molecule has 0 radical (unpaired) electrons. The van der Waals surface area contributed by atoms with Crippen LogP contribution in [0.5, 0.6) is 0 Å². The summed E-state index contributed by atoms with van der Waals surface area (Å²) in [5.41, 5.74) is 4.98. The molecule has 1 aliphatic rings. The van der Waals surface area contributed by atoms with Crippen LogP contribution in [-0.2, 0) is 22.1 Å². The van der Waals surface area contributed by atoms with E-state index >= 15 is 0 Å². The van der Waals surface area contributed by atoms with E-state index in [0.29, 0.717) is 0 Å². The molecule has 0 aromatic heterocycles. The van der Waals surface area contributed by atoms with Crippen LogP contribution in [0.25, 0.3) is 5.57 Å². The van der Waals surface area contributed by atoms with E-state index in [2.05, 4.69) is 0 Å². The van der Waals surface area contributed by atoms with E-state index in [0.717, 1.165) is 12.1 Å². The van der Waals surface area contributed by atoms with Crippen molar-refractivity contribution in [3.63, 3.8) is 0 Å². The number of ether oxygens (including phenoxy) is 1. The van der Waals surface area contributed by atoms with E-state index in [-0.39, 0.29) is 29.0 Å². The zero-order valence-corrected chi connectivity index (χ0v) is 12.8. The lowest BCUT2D eigenvalue weighted by atomic mass is 9.96. The van der Waals surface area contributed by atoms with Gasteiger partial charge < -0.3 is 10.5 Å². The number of hydrogen-bond acceptors (Lipinski definition) is 3. The minimum Gasteiger partial charge on any atom is -0.467 e. The van der Waals surface area contributed by atoms with Crippen LogP contribution in [0.4, 0.5) is 17.6 Å². The Morgan fingerprint density at radius 3 is 2.48 bits per heavy atom. The molecule has 25 heavy (non-hydrogen) atoms. The summed E-state index contributed by atoms with van der Waals surface area (Å²) >= 11 is 0. The monoisotopic (exact) mass is 351 g/mol. The van der Waals surface area contributed by atoms with Crippen LogP contribution < -0.4 is 5.73 Å². The van der Waals surface area contributed by atoms with Gasteiger partial charge in [0, 0.05) is 6.42 Å². The predicted molar refractivity (Wildman–Crippen MR) is 82.5 cm³/mol. The summed E-state index contributed by atoms with van der Waals surface area (Å²) in [5.74, 6) is -1.32. The molecule has 0 bridgehead atoms. The second-order valence-electron chi connectivity index (χ2n) is 5.58. The van der Waals surface area contributed by atoms with E-state index in [1.165, 1.54) is 30.3 Å². The number of halogens is 4. The van der Waals surface area contributed by atoms with Crippen LogP contribution in [0.2, 0.25) is 0 Å². The minimum absolute atomic E-state index is 0.0216. The van der Waals surface area contributed by atoms with Crippen molar-refractivity contribution in [3.05, 3.63) is 76.9 Å². The number of Topliss-reactive ketones (excluding diaryl/α,β-unsaturated/α-hetero) is 1. The van der Waals surface area contributed by atoms with Gasteiger partial charge in [-0.05, 0) is 29.3 Å². The first-order valence-corrected chi connectivity index (χ1v) is 7.39. The third-order valence-electron chi connectivity index (χ3n) is 3.90. The maximum Gasteiger partial charge on any atom is 0.416 e. The molecule has 0 aliphatic carbocycles. The highest BCUT2D eigenvalue weighted by Crippen LogP contribution is 2.34. The molecule has 0 saturated heterocycles. The molecule has 1 atom stereocenters. The number of carbonyl (C=O) groups excluding carboxylic acids is 1. The van der Waals surface area contributed by atoms with Crippen molar-refractivity contribution in [1.82, 2.24) is 0 Å². The van der Waals surface area contributed by atoms with Gasteiger partial charge >= 0.3 is 6.18 Å². The number of ketones is 1. The standard InChI is InChI=1S/C18H13F4NO2/c19-13-7-2-1-4-10(13)9-14-16(24)15(17(23)25-14)11-5-3-6-12(8-11)18(20,21)22/h1-8,14H,9,23H2. The summed E-state index contributed by atoms with van der Waals surface area (Å²) in [6.07, 6.45) is -5.67. The quantitative estimate of drug-likeness (QED) is 0.859. The van der Waals surface area contributed by atoms with Gasteiger partial charge in [-0.15, -0.1) is 0 Å². The second kappa shape index (κ2) is 6.23. The Bertz CT molecular complexity index is 858. The number of rotatable bonds is 3. The fourth-order valence-electron chi connectivity index (χ4n) is 2.68. The average Bonchev–Trinajstić information content (AvgIpc) is 2.83. The summed E-state index contributed by atoms with van der Waals surface area (Å²) in [7, 11) is 0. The summed E-state index contributed by atoms with van der Waals surface area (Å²) in [6, 6.07) is 10.2. The predicted octanol–water partition coefficient (Wildman–Crippen LogP) is 3.68. The third kappa shape index (κ3) is 3.35. The van der Waals surface area contributed by atoms with E-state index < -0.39 is 29.4 Å². The molecular formula is C18H13F4NO2. The van der Waals surface area contributed by atoms with Gasteiger partial charge in [-0.2, -0.15) is 13.2 Å². The first-order valence-electron chi connectivity index (χ1n) is 7.39. The van der Waals surface area contributed by atoms with Crippen LogP contribution in [-0.4, -0.2) is 11.9 Å². The van der Waals surface area contributed by atoms with Gasteiger partial charge in [-0.3, -0.25) is 4.79 Å². The maximum atomic E-state index is 13.7. The van der Waals surface area contributed by atoms with E-state index in [9.17, 15) is 22.4 Å². The van der Waals surface area contributed by atoms with E-state index in [4.69, 9.17) is 10.5 Å². The topological polar surface area (TPSA) is 52.3 Å². The Morgan fingerprint density at radius 1 is 1.08 bits per heavy atom. The van der Waals surface area contributed by atoms with Crippen LogP contribution in [0.15, 0.2) is 54.4 Å². The molecule has 0 saturated carbocycles. The van der Waals surface area contributed by atoms with Crippen LogP contribution in [0, 0.1) is 5.82 Å². The van der Waals surface area contributed by atoms with E-state index in [1.54, 1.807) is 6.07 Å². The average molecular weight is 351 g/mol. The summed E-state index contributed by atoms with van der Waals surface area (Å²) in [4.78, 5) is 12.5. The summed E-state index contributed by atoms with van der Waals surface area (Å²) < 4.78 is 57.6. The first kappa shape index (κ1) is 17.0. The number of alkyl halides is 3. The number of benzene rings is 2. The Kier molecular flexibility index (Phi) is 4.24. The summed E-state index contributed by atoms with van der Waals surface area (Å²) in [6.45, 7) is 0. The Morgan fingerprint density at radius 2 is 1.80 bits per heavy atom. The highest BCUT2D eigenvalue weighted by Gasteiger charge is 2.37. The van der Waals surface area contributed by atoms with Crippen LogP contribution in [0.1, 0.15) is 16.7 Å². The number of hydrogen-bond donors (Lipinski definition) is 1. The zero-order chi connectivity index (χ0) is 18.2. The van der Waals surface area contributed by atoms with Gasteiger partial charge in [0.1, 0.15) is 5.82 Å². The van der Waals surface area contributed by atoms with E-state index in [1.807, 2.05) is 0 Å². The molecule has 1 unspecified atom stereocenters. The van der Waals surface area contributed by atoms with Crippen LogP contribution in [0.3, 0.4) is 0 Å².